The summed E-state index contributed by atoms with van der Waals surface area (Å²) in [6.07, 6.45) is 5.61. The van der Waals surface area contributed by atoms with E-state index >= 15 is 0 Å². The minimum atomic E-state index is -0.574. The van der Waals surface area contributed by atoms with Crippen molar-refractivity contribution in [3.8, 4) is 6.07 Å². The number of carbonyl (C=O) groups is 1. The summed E-state index contributed by atoms with van der Waals surface area (Å²) in [5.41, 5.74) is 4.74. The number of carbonyl (C=O) groups excluding carboxylic acids is 1. The Bertz CT molecular complexity index is 974. The van der Waals surface area contributed by atoms with Gasteiger partial charge >= 0.3 is 5.97 Å². The summed E-state index contributed by atoms with van der Waals surface area (Å²) in [6.45, 7) is 1.97. The third-order valence-electron chi connectivity index (χ3n) is 4.57. The maximum absolute atomic E-state index is 12.5. The first-order chi connectivity index (χ1) is 14.0. The van der Waals surface area contributed by atoms with Crippen molar-refractivity contribution in [2.24, 2.45) is 0 Å². The number of nitrogens with zero attached hydrogens (tertiary/aromatic N) is 1. The van der Waals surface area contributed by atoms with Gasteiger partial charge in [0.05, 0.1) is 6.61 Å². The van der Waals surface area contributed by atoms with Crippen LogP contribution in [0, 0.1) is 11.3 Å². The van der Waals surface area contributed by atoms with Crippen LogP contribution in [-0.2, 0) is 9.53 Å². The molecule has 0 amide bonds. The molecular formula is C24H19Br2NO2. The van der Waals surface area contributed by atoms with E-state index in [2.05, 4.69) is 37.9 Å². The second-order valence-corrected chi connectivity index (χ2v) is 8.36. The Labute approximate surface area is 187 Å². The molecule has 0 atom stereocenters. The van der Waals surface area contributed by atoms with Crippen molar-refractivity contribution >= 4 is 50.0 Å². The Hall–Kier alpha value is -2.42. The van der Waals surface area contributed by atoms with Gasteiger partial charge in [-0.3, -0.25) is 0 Å². The van der Waals surface area contributed by atoms with Crippen molar-refractivity contribution < 1.29 is 9.53 Å². The van der Waals surface area contributed by atoms with Gasteiger partial charge in [0.25, 0.3) is 0 Å². The van der Waals surface area contributed by atoms with Crippen molar-refractivity contribution in [1.82, 2.24) is 0 Å². The molecule has 3 nitrogen and oxygen atoms in total. The zero-order valence-corrected chi connectivity index (χ0v) is 19.1. The van der Waals surface area contributed by atoms with Gasteiger partial charge in [-0.05, 0) is 66.3 Å². The summed E-state index contributed by atoms with van der Waals surface area (Å²) in [7, 11) is 0. The second-order valence-electron chi connectivity index (χ2n) is 6.52. The van der Waals surface area contributed by atoms with E-state index in [0.717, 1.165) is 44.1 Å². The smallest absolute Gasteiger partial charge is 0.349 e. The zero-order valence-electron chi connectivity index (χ0n) is 15.9. The molecule has 0 N–H and O–H groups in total. The van der Waals surface area contributed by atoms with E-state index in [1.54, 1.807) is 6.92 Å². The highest BCUT2D eigenvalue weighted by Crippen LogP contribution is 2.40. The van der Waals surface area contributed by atoms with Gasteiger partial charge in [-0.15, -0.1) is 0 Å². The Kier molecular flexibility index (Phi) is 7.24. The van der Waals surface area contributed by atoms with Gasteiger partial charge in [-0.25, -0.2) is 4.79 Å². The van der Waals surface area contributed by atoms with Gasteiger partial charge in [0.2, 0.25) is 0 Å². The molecule has 0 aromatic heterocycles. The average Bonchev–Trinajstić information content (AvgIpc) is 3.08. The van der Waals surface area contributed by atoms with Crippen molar-refractivity contribution in [2.45, 2.75) is 19.8 Å². The lowest BCUT2D eigenvalue weighted by molar-refractivity contribution is -0.138. The molecule has 2 aromatic carbocycles. The Morgan fingerprint density at radius 3 is 1.79 bits per heavy atom. The van der Waals surface area contributed by atoms with E-state index < -0.39 is 5.97 Å². The minimum Gasteiger partial charge on any atom is -0.462 e. The third-order valence-corrected chi connectivity index (χ3v) is 5.63. The SMILES string of the molecule is CCOC(=O)C(C#N)=C1C(=Cc2ccc(Br)cc2)CCC1=Cc1ccc(Br)cc1. The number of esters is 1. The third kappa shape index (κ3) is 5.35. The average molecular weight is 513 g/mol. The van der Waals surface area contributed by atoms with Crippen LogP contribution in [0.15, 0.2) is 79.8 Å². The van der Waals surface area contributed by atoms with Crippen LogP contribution in [0.5, 0.6) is 0 Å². The molecule has 0 heterocycles. The fourth-order valence-electron chi connectivity index (χ4n) is 3.26. The Balaban J connectivity index is 2.12. The van der Waals surface area contributed by atoms with Gasteiger partial charge in [0.1, 0.15) is 11.6 Å². The fourth-order valence-corrected chi connectivity index (χ4v) is 3.79. The van der Waals surface area contributed by atoms with Crippen LogP contribution >= 0.6 is 31.9 Å². The highest BCUT2D eigenvalue weighted by atomic mass is 79.9. The predicted molar refractivity (Wildman–Crippen MR) is 123 cm³/mol. The number of rotatable bonds is 4. The summed E-state index contributed by atoms with van der Waals surface area (Å²) in [6, 6.07) is 18.0. The maximum atomic E-state index is 12.5. The van der Waals surface area contributed by atoms with Crippen LogP contribution < -0.4 is 0 Å². The van der Waals surface area contributed by atoms with Gasteiger partial charge < -0.3 is 4.74 Å². The van der Waals surface area contributed by atoms with Crippen LogP contribution in [0.4, 0.5) is 0 Å². The number of benzene rings is 2. The molecule has 1 aliphatic carbocycles. The Morgan fingerprint density at radius 2 is 1.41 bits per heavy atom. The standard InChI is InChI=1S/C24H19Br2NO2/c1-2-29-24(28)22(15-27)23-18(13-16-3-9-20(25)10-4-16)7-8-19(23)14-17-5-11-21(26)12-6-17/h3-6,9-14H,2,7-8H2,1H3. The van der Waals surface area contributed by atoms with Crippen LogP contribution in [0.25, 0.3) is 12.2 Å². The van der Waals surface area contributed by atoms with E-state index in [1.165, 1.54) is 0 Å². The van der Waals surface area contributed by atoms with Crippen molar-refractivity contribution in [1.29, 1.82) is 5.26 Å². The number of halogens is 2. The van der Waals surface area contributed by atoms with Gasteiger partial charge in [0, 0.05) is 14.5 Å². The largest absolute Gasteiger partial charge is 0.462 e. The molecule has 0 saturated heterocycles. The van der Waals surface area contributed by atoms with Crippen LogP contribution in [-0.4, -0.2) is 12.6 Å². The molecule has 2 aromatic rings. The molecule has 5 heteroatoms. The maximum Gasteiger partial charge on any atom is 0.349 e. The number of ether oxygens (including phenoxy) is 1. The summed E-state index contributed by atoms with van der Waals surface area (Å²) in [4.78, 5) is 12.5. The number of allylic oxidation sites excluding steroid dienone is 3. The van der Waals surface area contributed by atoms with E-state index in [4.69, 9.17) is 4.74 Å². The topological polar surface area (TPSA) is 50.1 Å². The summed E-state index contributed by atoms with van der Waals surface area (Å²) in [5, 5.41) is 9.75. The number of hydrogen-bond acceptors (Lipinski definition) is 3. The molecule has 0 spiro atoms. The first kappa shape index (κ1) is 21.3. The number of nitriles is 1. The van der Waals surface area contributed by atoms with Gasteiger partial charge in [-0.1, -0.05) is 68.3 Å². The molecule has 0 radical (unpaired) electrons. The first-order valence-corrected chi connectivity index (χ1v) is 10.8. The molecule has 1 aliphatic rings. The highest BCUT2D eigenvalue weighted by Gasteiger charge is 2.27. The Morgan fingerprint density at radius 1 is 0.966 bits per heavy atom. The van der Waals surface area contributed by atoms with E-state index in [9.17, 15) is 10.1 Å². The molecule has 29 heavy (non-hydrogen) atoms. The van der Waals surface area contributed by atoms with Crippen molar-refractivity contribution in [3.63, 3.8) is 0 Å². The molecule has 1 fully saturated rings. The van der Waals surface area contributed by atoms with E-state index in [0.29, 0.717) is 5.57 Å². The quantitative estimate of drug-likeness (QED) is 0.255. The molecule has 1 saturated carbocycles. The highest BCUT2D eigenvalue weighted by molar-refractivity contribution is 9.10. The minimum absolute atomic E-state index is 0.0658. The lowest BCUT2D eigenvalue weighted by Gasteiger charge is -2.09. The van der Waals surface area contributed by atoms with Crippen molar-refractivity contribution in [3.05, 3.63) is 90.9 Å². The van der Waals surface area contributed by atoms with Crippen LogP contribution in [0.3, 0.4) is 0 Å². The molecule has 0 aliphatic heterocycles. The first-order valence-electron chi connectivity index (χ1n) is 9.26. The zero-order chi connectivity index (χ0) is 20.8. The van der Waals surface area contributed by atoms with E-state index in [1.807, 2.05) is 60.7 Å². The predicted octanol–water partition coefficient (Wildman–Crippen LogP) is 6.86. The summed E-state index contributed by atoms with van der Waals surface area (Å²) >= 11 is 6.89. The summed E-state index contributed by atoms with van der Waals surface area (Å²) in [5.74, 6) is -0.574. The lowest BCUT2D eigenvalue weighted by atomic mass is 9.97. The van der Waals surface area contributed by atoms with Crippen LogP contribution in [0.2, 0.25) is 0 Å². The lowest BCUT2D eigenvalue weighted by Crippen LogP contribution is -2.09. The number of hydrogen-bond donors (Lipinski definition) is 0. The van der Waals surface area contributed by atoms with E-state index in [-0.39, 0.29) is 12.2 Å². The monoisotopic (exact) mass is 511 g/mol. The molecule has 0 bridgehead atoms. The molecule has 0 unspecified atom stereocenters. The van der Waals surface area contributed by atoms with Gasteiger partial charge in [-0.2, -0.15) is 5.26 Å². The summed E-state index contributed by atoms with van der Waals surface area (Å²) < 4.78 is 7.15. The fraction of sp³-hybridized carbons (Fsp3) is 0.167. The molecule has 146 valence electrons. The second kappa shape index (κ2) is 9.87. The normalized spacial score (nSPS) is 16.1. The van der Waals surface area contributed by atoms with Crippen LogP contribution in [0.1, 0.15) is 30.9 Å². The van der Waals surface area contributed by atoms with Crippen molar-refractivity contribution in [2.75, 3.05) is 6.61 Å². The molecule has 3 rings (SSSR count). The van der Waals surface area contributed by atoms with Gasteiger partial charge in [0.15, 0.2) is 0 Å². The molecular weight excluding hydrogens is 494 g/mol.